The predicted molar refractivity (Wildman–Crippen MR) is 126 cm³/mol. The number of benzene rings is 2. The van der Waals surface area contributed by atoms with E-state index in [0.717, 1.165) is 43.3 Å². The summed E-state index contributed by atoms with van der Waals surface area (Å²) < 4.78 is 29.2. The fourth-order valence-corrected chi connectivity index (χ4v) is 8.28. The summed E-state index contributed by atoms with van der Waals surface area (Å²) in [5.41, 5.74) is 3.27. The third-order valence-electron chi connectivity index (χ3n) is 6.42. The van der Waals surface area contributed by atoms with Crippen molar-refractivity contribution in [3.8, 4) is 5.75 Å². The lowest BCUT2D eigenvalue weighted by molar-refractivity contribution is 0.0625. The van der Waals surface area contributed by atoms with E-state index in [1.807, 2.05) is 29.2 Å². The van der Waals surface area contributed by atoms with Crippen molar-refractivity contribution in [3.05, 3.63) is 59.2 Å². The van der Waals surface area contributed by atoms with Gasteiger partial charge in [0.2, 0.25) is 0 Å². The van der Waals surface area contributed by atoms with Crippen LogP contribution in [-0.2, 0) is 22.8 Å². The minimum atomic E-state index is -2.93. The zero-order valence-corrected chi connectivity index (χ0v) is 19.7. The number of hydrogen-bond donors (Lipinski definition) is 0. The summed E-state index contributed by atoms with van der Waals surface area (Å²) in [6.07, 6.45) is 1.64. The van der Waals surface area contributed by atoms with Crippen LogP contribution in [0.3, 0.4) is 0 Å². The van der Waals surface area contributed by atoms with Crippen LogP contribution in [0.4, 0.5) is 0 Å². The number of carbonyl (C=O) groups excluding carboxylic acids is 1. The summed E-state index contributed by atoms with van der Waals surface area (Å²) >= 11 is 1.54. The second kappa shape index (κ2) is 9.08. The van der Waals surface area contributed by atoms with Crippen LogP contribution in [0.2, 0.25) is 0 Å². The number of rotatable bonds is 5. The molecule has 0 spiro atoms. The van der Waals surface area contributed by atoms with Crippen LogP contribution in [0.1, 0.15) is 27.9 Å². The molecule has 2 aromatic carbocycles. The van der Waals surface area contributed by atoms with Crippen molar-refractivity contribution in [1.29, 1.82) is 0 Å². The number of hydrogen-bond acceptors (Lipinski definition) is 6. The van der Waals surface area contributed by atoms with Crippen LogP contribution in [-0.4, -0.2) is 73.7 Å². The van der Waals surface area contributed by atoms with Crippen molar-refractivity contribution >= 4 is 27.5 Å². The molecule has 0 aromatic heterocycles. The lowest BCUT2D eigenvalue weighted by atomic mass is 10.1. The van der Waals surface area contributed by atoms with E-state index in [2.05, 4.69) is 23.1 Å². The van der Waals surface area contributed by atoms with Gasteiger partial charge in [-0.25, -0.2) is 8.42 Å². The maximum atomic E-state index is 13.3. The fraction of sp³-hybridized carbons (Fsp3) is 0.458. The maximum absolute atomic E-state index is 13.3. The van der Waals surface area contributed by atoms with E-state index < -0.39 is 9.84 Å². The second-order valence-corrected chi connectivity index (χ2v) is 12.3. The van der Waals surface area contributed by atoms with Gasteiger partial charge >= 0.3 is 0 Å². The minimum absolute atomic E-state index is 0.0310. The Labute approximate surface area is 193 Å². The van der Waals surface area contributed by atoms with E-state index in [1.165, 1.54) is 22.9 Å². The zero-order valence-electron chi connectivity index (χ0n) is 18.0. The Kier molecular flexibility index (Phi) is 6.18. The monoisotopic (exact) mass is 472 g/mol. The Bertz CT molecular complexity index is 1110. The highest BCUT2D eigenvalue weighted by Gasteiger charge is 2.30. The van der Waals surface area contributed by atoms with E-state index in [4.69, 9.17) is 4.74 Å². The second-order valence-electron chi connectivity index (χ2n) is 8.75. The molecular formula is C24H28N2O4S2. The molecule has 2 saturated heterocycles. The van der Waals surface area contributed by atoms with Crippen molar-refractivity contribution in [2.75, 3.05) is 44.3 Å². The van der Waals surface area contributed by atoms with Crippen molar-refractivity contribution < 1.29 is 17.9 Å². The molecule has 32 heavy (non-hydrogen) atoms. The van der Waals surface area contributed by atoms with E-state index >= 15 is 0 Å². The molecule has 0 saturated carbocycles. The van der Waals surface area contributed by atoms with Crippen molar-refractivity contribution in [2.45, 2.75) is 29.5 Å². The van der Waals surface area contributed by atoms with Crippen molar-refractivity contribution in [1.82, 2.24) is 9.80 Å². The number of sulfone groups is 1. The van der Waals surface area contributed by atoms with Gasteiger partial charge in [-0.15, -0.1) is 11.8 Å². The average Bonchev–Trinajstić information content (AvgIpc) is 3.39. The quantitative estimate of drug-likeness (QED) is 0.667. The molecule has 2 aromatic rings. The Morgan fingerprint density at radius 3 is 2.69 bits per heavy atom. The molecule has 3 heterocycles. The summed E-state index contributed by atoms with van der Waals surface area (Å²) in [6.45, 7) is 4.74. The Morgan fingerprint density at radius 1 is 1.09 bits per heavy atom. The molecule has 1 atom stereocenters. The van der Waals surface area contributed by atoms with Gasteiger partial charge < -0.3 is 9.64 Å². The third-order valence-corrected chi connectivity index (χ3v) is 9.75. The highest BCUT2D eigenvalue weighted by Crippen LogP contribution is 2.33. The number of nitrogens with zero attached hydrogens (tertiary/aromatic N) is 2. The van der Waals surface area contributed by atoms with Gasteiger partial charge in [-0.2, -0.15) is 0 Å². The fourth-order valence-electron chi connectivity index (χ4n) is 4.66. The van der Waals surface area contributed by atoms with Crippen molar-refractivity contribution in [3.63, 3.8) is 0 Å². The summed E-state index contributed by atoms with van der Waals surface area (Å²) in [6, 6.07) is 14.1. The number of piperazine rings is 1. The number of carbonyl (C=O) groups is 1. The zero-order chi connectivity index (χ0) is 22.1. The first kappa shape index (κ1) is 21.8. The first-order valence-corrected chi connectivity index (χ1v) is 13.9. The SMILES string of the molecule is O=C(c1ccccc1SC1CCS(=O)(=O)C1)N1CCN(Cc2ccc3c(c2)CCO3)CC1. The standard InChI is InChI=1S/C24H28N2O4S2/c27-24(21-3-1-2-4-23(21)31-20-8-14-32(28,29)17-20)26-11-9-25(10-12-26)16-18-5-6-22-19(15-18)7-13-30-22/h1-6,15,20H,7-14,16-17H2. The molecule has 170 valence electrons. The van der Waals surface area contributed by atoms with E-state index in [1.54, 1.807) is 0 Å². The van der Waals surface area contributed by atoms with E-state index in [-0.39, 0.29) is 22.7 Å². The van der Waals surface area contributed by atoms with Crippen LogP contribution in [0, 0.1) is 0 Å². The minimum Gasteiger partial charge on any atom is -0.493 e. The molecule has 0 N–H and O–H groups in total. The van der Waals surface area contributed by atoms with Gasteiger partial charge in [0.05, 0.1) is 23.7 Å². The summed E-state index contributed by atoms with van der Waals surface area (Å²) in [4.78, 5) is 18.5. The van der Waals surface area contributed by atoms with Gasteiger partial charge in [0.15, 0.2) is 9.84 Å². The van der Waals surface area contributed by atoms with Gasteiger partial charge in [0.1, 0.15) is 5.75 Å². The molecular weight excluding hydrogens is 444 g/mol. The van der Waals surface area contributed by atoms with Gasteiger partial charge in [0, 0.05) is 49.3 Å². The first-order valence-electron chi connectivity index (χ1n) is 11.2. The number of thioether (sulfide) groups is 1. The molecule has 0 bridgehead atoms. The number of amides is 1. The van der Waals surface area contributed by atoms with Gasteiger partial charge in [0.25, 0.3) is 5.91 Å². The van der Waals surface area contributed by atoms with Gasteiger partial charge in [-0.3, -0.25) is 9.69 Å². The van der Waals surface area contributed by atoms with Gasteiger partial charge in [-0.1, -0.05) is 24.3 Å². The topological polar surface area (TPSA) is 66.9 Å². The van der Waals surface area contributed by atoms with Crippen LogP contribution in [0.25, 0.3) is 0 Å². The molecule has 1 unspecified atom stereocenters. The summed E-state index contributed by atoms with van der Waals surface area (Å²) in [5, 5.41) is 0.0310. The third kappa shape index (κ3) is 4.82. The van der Waals surface area contributed by atoms with E-state index in [9.17, 15) is 13.2 Å². The summed E-state index contributed by atoms with van der Waals surface area (Å²) in [7, 11) is -2.93. The average molecular weight is 473 g/mol. The molecule has 3 aliphatic rings. The molecule has 6 nitrogen and oxygen atoms in total. The predicted octanol–water partition coefficient (Wildman–Crippen LogP) is 2.86. The Balaban J connectivity index is 1.19. The molecule has 1 amide bonds. The lowest BCUT2D eigenvalue weighted by Crippen LogP contribution is -2.48. The molecule has 2 fully saturated rings. The number of ether oxygens (including phenoxy) is 1. The maximum Gasteiger partial charge on any atom is 0.255 e. The van der Waals surface area contributed by atoms with E-state index in [0.29, 0.717) is 25.1 Å². The molecule has 0 radical (unpaired) electrons. The van der Waals surface area contributed by atoms with Crippen LogP contribution in [0.15, 0.2) is 47.4 Å². The highest BCUT2D eigenvalue weighted by atomic mass is 32.2. The normalized spacial score (nSPS) is 22.5. The molecule has 0 aliphatic carbocycles. The van der Waals surface area contributed by atoms with Crippen LogP contribution >= 0.6 is 11.8 Å². The molecule has 8 heteroatoms. The Morgan fingerprint density at radius 2 is 1.91 bits per heavy atom. The lowest BCUT2D eigenvalue weighted by Gasteiger charge is -2.35. The first-order chi connectivity index (χ1) is 15.5. The highest BCUT2D eigenvalue weighted by molar-refractivity contribution is 8.02. The van der Waals surface area contributed by atoms with Gasteiger partial charge in [-0.05, 0) is 35.7 Å². The molecule has 3 aliphatic heterocycles. The molecule has 5 rings (SSSR count). The smallest absolute Gasteiger partial charge is 0.255 e. The van der Waals surface area contributed by atoms with Crippen LogP contribution in [0.5, 0.6) is 5.75 Å². The largest absolute Gasteiger partial charge is 0.493 e. The summed E-state index contributed by atoms with van der Waals surface area (Å²) in [5.74, 6) is 1.51. The Hall–Kier alpha value is -2.03. The van der Waals surface area contributed by atoms with Crippen LogP contribution < -0.4 is 4.74 Å². The van der Waals surface area contributed by atoms with Crippen molar-refractivity contribution in [2.24, 2.45) is 0 Å². The number of fused-ring (bicyclic) bond motifs is 1.